The maximum Gasteiger partial charge on any atom is 0.352 e. The molecule has 0 saturated heterocycles. The molecule has 6 nitrogen and oxygen atoms in total. The Morgan fingerprint density at radius 3 is 2.18 bits per heavy atom. The fraction of sp³-hybridized carbons (Fsp3) is 0.280. The van der Waals surface area contributed by atoms with E-state index < -0.39 is 38.0 Å². The predicted octanol–water partition coefficient (Wildman–Crippen LogP) is 2.99. The van der Waals surface area contributed by atoms with E-state index in [4.69, 9.17) is 14.9 Å². The van der Waals surface area contributed by atoms with Crippen LogP contribution in [0.1, 0.15) is 27.0 Å². The molecule has 0 spiro atoms. The van der Waals surface area contributed by atoms with Crippen LogP contribution < -0.4 is 21.8 Å². The molecule has 1 aliphatic heterocycles. The molecule has 8 heteroatoms. The number of aromatic nitrogens is 2. The number of nitrogens with two attached hydrogens (primary N) is 1. The van der Waals surface area contributed by atoms with Gasteiger partial charge in [0.1, 0.15) is 6.10 Å². The van der Waals surface area contributed by atoms with Crippen LogP contribution >= 0.6 is 0 Å². The number of nitrogen functional groups attached to an aromatic ring is 1. The third-order valence-electron chi connectivity index (χ3n) is 5.89. The van der Waals surface area contributed by atoms with Crippen LogP contribution in [0.4, 0.5) is 10.2 Å². The molecule has 0 amide bonds. The first-order chi connectivity index (χ1) is 15.7. The topological polar surface area (TPSA) is 79.4 Å². The van der Waals surface area contributed by atoms with Crippen molar-refractivity contribution in [2.75, 3.05) is 12.3 Å². The molecule has 0 saturated carbocycles. The second-order valence-corrected chi connectivity index (χ2v) is 13.4. The van der Waals surface area contributed by atoms with Gasteiger partial charge in [0.15, 0.2) is 17.9 Å². The third-order valence-corrected chi connectivity index (χ3v) is 10.9. The molecule has 172 valence electrons. The highest BCUT2D eigenvalue weighted by Gasteiger charge is 2.50. The zero-order chi connectivity index (χ0) is 23.6. The number of rotatable bonds is 6. The highest BCUT2D eigenvalue weighted by molar-refractivity contribution is 6.99. The normalized spacial score (nSPS) is 18.5. The van der Waals surface area contributed by atoms with E-state index in [1.807, 2.05) is 42.5 Å². The van der Waals surface area contributed by atoms with E-state index in [1.54, 1.807) is 6.08 Å². The lowest BCUT2D eigenvalue weighted by atomic mass is 10.2. The van der Waals surface area contributed by atoms with Gasteiger partial charge in [0.05, 0.1) is 12.8 Å². The first kappa shape index (κ1) is 23.1. The zero-order valence-electron chi connectivity index (χ0n) is 18.9. The van der Waals surface area contributed by atoms with E-state index in [1.165, 1.54) is 10.4 Å². The molecule has 2 heterocycles. The zero-order valence-corrected chi connectivity index (χ0v) is 19.9. The first-order valence-electron chi connectivity index (χ1n) is 10.9. The quantitative estimate of drug-likeness (QED) is 0.447. The number of anilines is 1. The lowest BCUT2D eigenvalue weighted by Gasteiger charge is -2.43. The molecule has 1 aromatic heterocycles. The summed E-state index contributed by atoms with van der Waals surface area (Å²) in [5.74, 6) is -1.19. The Morgan fingerprint density at radius 1 is 1.06 bits per heavy atom. The van der Waals surface area contributed by atoms with Gasteiger partial charge in [-0.2, -0.15) is 4.98 Å². The van der Waals surface area contributed by atoms with Crippen LogP contribution in [-0.4, -0.2) is 30.6 Å². The van der Waals surface area contributed by atoms with Gasteiger partial charge >= 0.3 is 5.69 Å². The van der Waals surface area contributed by atoms with Crippen molar-refractivity contribution in [1.82, 2.24) is 9.55 Å². The van der Waals surface area contributed by atoms with Crippen molar-refractivity contribution < 1.29 is 13.6 Å². The van der Waals surface area contributed by atoms with Crippen molar-refractivity contribution in [3.63, 3.8) is 0 Å². The Labute approximate surface area is 193 Å². The second-order valence-electron chi connectivity index (χ2n) is 9.09. The highest BCUT2D eigenvalue weighted by atomic mass is 28.4. The molecule has 0 fully saturated rings. The Hall–Kier alpha value is -3.07. The molecule has 0 radical (unpaired) electrons. The highest BCUT2D eigenvalue weighted by Crippen LogP contribution is 2.37. The molecule has 0 aliphatic carbocycles. The molecule has 2 N–H and O–H groups in total. The minimum atomic E-state index is -2.72. The molecule has 0 unspecified atom stereocenters. The first-order valence-corrected chi connectivity index (χ1v) is 12.8. The summed E-state index contributed by atoms with van der Waals surface area (Å²) in [4.78, 5) is 15.7. The van der Waals surface area contributed by atoms with Gasteiger partial charge in [-0.05, 0) is 21.5 Å². The average molecular weight is 466 g/mol. The van der Waals surface area contributed by atoms with Crippen molar-refractivity contribution in [1.29, 1.82) is 0 Å². The number of halogens is 1. The minimum Gasteiger partial charge on any atom is -0.404 e. The number of hydrogen-bond acceptors (Lipinski definition) is 5. The van der Waals surface area contributed by atoms with Crippen LogP contribution in [0, 0.1) is 5.82 Å². The van der Waals surface area contributed by atoms with E-state index in [9.17, 15) is 9.18 Å². The summed E-state index contributed by atoms with van der Waals surface area (Å²) in [6.45, 7) is 6.90. The third kappa shape index (κ3) is 4.41. The van der Waals surface area contributed by atoms with E-state index in [0.29, 0.717) is 6.61 Å². The number of benzene rings is 2. The van der Waals surface area contributed by atoms with Crippen molar-refractivity contribution in [2.45, 2.75) is 38.1 Å². The number of nitrogens with zero attached hydrogens (tertiary/aromatic N) is 2. The summed E-state index contributed by atoms with van der Waals surface area (Å²) in [5.41, 5.74) is 4.72. The molecule has 0 bridgehead atoms. The smallest absolute Gasteiger partial charge is 0.352 e. The monoisotopic (exact) mass is 465 g/mol. The van der Waals surface area contributed by atoms with E-state index in [2.05, 4.69) is 50.0 Å². The van der Waals surface area contributed by atoms with Gasteiger partial charge in [0.25, 0.3) is 8.32 Å². The largest absolute Gasteiger partial charge is 0.404 e. The Balaban J connectivity index is 1.62. The molecule has 4 rings (SSSR count). The summed E-state index contributed by atoms with van der Waals surface area (Å²) >= 11 is 0. The molecule has 2 aromatic carbocycles. The summed E-state index contributed by atoms with van der Waals surface area (Å²) in [6.07, 6.45) is 3.39. The van der Waals surface area contributed by atoms with E-state index in [-0.39, 0.29) is 5.04 Å². The lowest BCUT2D eigenvalue weighted by molar-refractivity contribution is -0.00744. The minimum absolute atomic E-state index is 0.168. The van der Waals surface area contributed by atoms with Crippen molar-refractivity contribution in [2.24, 2.45) is 0 Å². The number of ether oxygens (including phenoxy) is 1. The van der Waals surface area contributed by atoms with Gasteiger partial charge < -0.3 is 14.9 Å². The summed E-state index contributed by atoms with van der Waals surface area (Å²) in [5, 5.41) is 2.17. The van der Waals surface area contributed by atoms with Gasteiger partial charge in [-0.3, -0.25) is 4.57 Å². The van der Waals surface area contributed by atoms with Gasteiger partial charge in [-0.15, -0.1) is 0 Å². The fourth-order valence-corrected chi connectivity index (χ4v) is 8.92. The van der Waals surface area contributed by atoms with Crippen molar-refractivity contribution >= 4 is 24.5 Å². The van der Waals surface area contributed by atoms with Gasteiger partial charge in [-0.25, -0.2) is 9.18 Å². The maximum absolute atomic E-state index is 13.9. The lowest BCUT2D eigenvalue weighted by Crippen LogP contribution is -2.67. The van der Waals surface area contributed by atoms with Crippen molar-refractivity contribution in [3.8, 4) is 0 Å². The standard InChI is InChI=1S/C25H28FN3O3Si/c1-25(2,3)33(19-10-6-4-7-11-19,20-12-8-5-9-13-20)31-17-18-14-15-22(32-18)29-16-21(26)23(27)28-24(29)30/h4-16,18,22H,17H2,1-3H3,(H2,27,28,30)/t18-,22-/m0/s1. The van der Waals surface area contributed by atoms with Crippen LogP contribution in [0.25, 0.3) is 0 Å². The van der Waals surface area contributed by atoms with Crippen LogP contribution in [0.15, 0.2) is 83.8 Å². The van der Waals surface area contributed by atoms with E-state index >= 15 is 0 Å². The molecular weight excluding hydrogens is 437 g/mol. The Bertz CT molecular complexity index is 1150. The fourth-order valence-electron chi connectivity index (χ4n) is 4.35. The second kappa shape index (κ2) is 9.05. The predicted molar refractivity (Wildman–Crippen MR) is 129 cm³/mol. The molecule has 1 aliphatic rings. The summed E-state index contributed by atoms with van der Waals surface area (Å²) < 4.78 is 27.8. The SMILES string of the molecule is CC(C)(C)[Si](OC[C@@H]1C=C[C@@H](n2cc(F)c(N)nc2=O)O1)(c1ccccc1)c1ccccc1. The van der Waals surface area contributed by atoms with Crippen molar-refractivity contribution in [3.05, 3.63) is 95.3 Å². The summed E-state index contributed by atoms with van der Waals surface area (Å²) in [6, 6.07) is 20.6. The summed E-state index contributed by atoms with van der Waals surface area (Å²) in [7, 11) is -2.72. The molecule has 2 atom stereocenters. The Kier molecular flexibility index (Phi) is 6.33. The molecule has 3 aromatic rings. The maximum atomic E-state index is 13.9. The van der Waals surface area contributed by atoms with Crippen LogP contribution in [-0.2, 0) is 9.16 Å². The van der Waals surface area contributed by atoms with Gasteiger partial charge in [0, 0.05) is 0 Å². The molecular formula is C25H28FN3O3Si. The van der Waals surface area contributed by atoms with Crippen LogP contribution in [0.3, 0.4) is 0 Å². The van der Waals surface area contributed by atoms with Crippen LogP contribution in [0.5, 0.6) is 0 Å². The Morgan fingerprint density at radius 2 is 1.64 bits per heavy atom. The average Bonchev–Trinajstić information content (AvgIpc) is 3.26. The van der Waals surface area contributed by atoms with Crippen LogP contribution in [0.2, 0.25) is 5.04 Å². The molecule has 33 heavy (non-hydrogen) atoms. The number of hydrogen-bond donors (Lipinski definition) is 1. The van der Waals surface area contributed by atoms with E-state index in [0.717, 1.165) is 10.8 Å². The van der Waals surface area contributed by atoms with Gasteiger partial charge in [0.2, 0.25) is 0 Å². The van der Waals surface area contributed by atoms with Gasteiger partial charge in [-0.1, -0.05) is 87.5 Å².